The fraction of sp³-hybridized carbons (Fsp3) is 0.667. The highest BCUT2D eigenvalue weighted by molar-refractivity contribution is 8.00. The quantitative estimate of drug-likeness (QED) is 0.243. The molecular weight excluding hydrogens is 527 g/mol. The van der Waals surface area contributed by atoms with Crippen LogP contribution < -0.4 is 10.6 Å². The van der Waals surface area contributed by atoms with Crippen LogP contribution in [0.1, 0.15) is 41.5 Å². The average molecular weight is 565 g/mol. The molecule has 3 N–H and O–H groups in total. The lowest BCUT2D eigenvalue weighted by Crippen LogP contribution is -2.29. The van der Waals surface area contributed by atoms with Gasteiger partial charge < -0.3 is 24.2 Å². The number of esters is 1. The number of carboxylic acid groups (broad SMARTS) is 1. The Hall–Kier alpha value is -1.70. The van der Waals surface area contributed by atoms with Gasteiger partial charge in [-0.2, -0.15) is 4.98 Å². The Morgan fingerprint density at radius 2 is 1.81 bits per heavy atom. The minimum absolute atomic E-state index is 0.0735. The number of rotatable bonds is 13. The molecule has 4 unspecified atom stereocenters. The van der Waals surface area contributed by atoms with Crippen LogP contribution in [0.15, 0.2) is 11.1 Å². The van der Waals surface area contributed by atoms with Gasteiger partial charge in [0.05, 0.1) is 24.8 Å². The van der Waals surface area contributed by atoms with Crippen molar-refractivity contribution < 1.29 is 28.7 Å². The first-order chi connectivity index (χ1) is 16.9. The van der Waals surface area contributed by atoms with E-state index in [1.807, 2.05) is 34.6 Å². The number of ether oxygens (including phenoxy) is 2. The number of fused-ring (bicyclic) bond motifs is 1. The Balaban J connectivity index is 0.000000697. The third-order valence-corrected chi connectivity index (χ3v) is 6.69. The van der Waals surface area contributed by atoms with Crippen LogP contribution in [0.5, 0.6) is 0 Å². The zero-order valence-corrected chi connectivity index (χ0v) is 24.8. The number of nitrogens with zero attached hydrogens (tertiary/aromatic N) is 3. The van der Waals surface area contributed by atoms with E-state index in [0.717, 1.165) is 0 Å². The number of aromatic nitrogens is 4. The second-order valence-electron chi connectivity index (χ2n) is 8.83. The highest BCUT2D eigenvalue weighted by Crippen LogP contribution is 2.22. The normalized spacial score (nSPS) is 14.1. The lowest BCUT2D eigenvalue weighted by Gasteiger charge is -2.20. The number of imidazole rings is 1. The molecule has 204 valence electrons. The van der Waals surface area contributed by atoms with E-state index in [1.54, 1.807) is 11.5 Å². The molecule has 12 nitrogen and oxygen atoms in total. The molecule has 0 amide bonds. The van der Waals surface area contributed by atoms with Gasteiger partial charge in [-0.1, -0.05) is 50.5 Å². The predicted molar refractivity (Wildman–Crippen MR) is 147 cm³/mol. The van der Waals surface area contributed by atoms with Crippen molar-refractivity contribution in [2.24, 2.45) is 23.7 Å². The molecule has 6 atom stereocenters. The predicted octanol–water partition coefficient (Wildman–Crippen LogP) is 3.26. The summed E-state index contributed by atoms with van der Waals surface area (Å²) < 4.78 is 18.2. The molecule has 0 bridgehead atoms. The number of hydrogen-bond acceptors (Lipinski definition) is 9. The van der Waals surface area contributed by atoms with Crippen LogP contribution >= 0.6 is 26.8 Å². The number of aromatic amines is 1. The van der Waals surface area contributed by atoms with Crippen LogP contribution in [0.3, 0.4) is 0 Å². The fourth-order valence-electron chi connectivity index (χ4n) is 2.45. The van der Waals surface area contributed by atoms with E-state index in [2.05, 4.69) is 38.4 Å². The minimum Gasteiger partial charge on any atom is -0.481 e. The summed E-state index contributed by atoms with van der Waals surface area (Å²) in [7, 11) is 4.96. The van der Waals surface area contributed by atoms with Gasteiger partial charge in [0.1, 0.15) is 19.4 Å². The summed E-state index contributed by atoms with van der Waals surface area (Å²) in [5.74, 6) is -0.656. The van der Waals surface area contributed by atoms with Crippen molar-refractivity contribution in [3.63, 3.8) is 0 Å². The van der Waals surface area contributed by atoms with Gasteiger partial charge in [-0.25, -0.2) is 4.98 Å². The maximum absolute atomic E-state index is 12.1. The van der Waals surface area contributed by atoms with Crippen LogP contribution in [0.25, 0.3) is 11.2 Å². The van der Waals surface area contributed by atoms with Gasteiger partial charge in [0.25, 0.3) is 5.56 Å². The molecule has 0 aromatic carbocycles. The molecular formula is C21H38N5O7P3. The molecule has 0 spiro atoms. The second kappa shape index (κ2) is 16.2. The third kappa shape index (κ3) is 10.3. The molecule has 2 heterocycles. The molecule has 0 radical (unpaired) electrons. The van der Waals surface area contributed by atoms with E-state index < -0.39 is 12.1 Å². The largest absolute Gasteiger partial charge is 0.481 e. The molecule has 2 aromatic rings. The molecule has 0 aliphatic carbocycles. The Bertz CT molecular complexity index is 1030. The number of anilines is 1. The second-order valence-corrected chi connectivity index (χ2v) is 10.3. The van der Waals surface area contributed by atoms with E-state index in [1.165, 1.54) is 6.33 Å². The van der Waals surface area contributed by atoms with E-state index in [4.69, 9.17) is 19.1 Å². The number of H-pyrrole nitrogens is 1. The smallest absolute Gasteiger partial charge is 0.309 e. The maximum atomic E-state index is 12.1. The third-order valence-electron chi connectivity index (χ3n) is 5.59. The van der Waals surface area contributed by atoms with Crippen molar-refractivity contribution in [1.29, 1.82) is 0 Å². The zero-order chi connectivity index (χ0) is 27.4. The summed E-state index contributed by atoms with van der Waals surface area (Å²) >= 11 is 0. The minimum atomic E-state index is -0.708. The topological polar surface area (TPSA) is 158 Å². The van der Waals surface area contributed by atoms with Crippen molar-refractivity contribution >= 4 is 55.9 Å². The number of nitrogens with one attached hydrogen (secondary N) is 2. The Labute approximate surface area is 217 Å². The van der Waals surface area contributed by atoms with Crippen LogP contribution in [-0.2, 0) is 30.3 Å². The Kier molecular flexibility index (Phi) is 14.6. The van der Waals surface area contributed by atoms with Gasteiger partial charge >= 0.3 is 11.9 Å². The summed E-state index contributed by atoms with van der Waals surface area (Å²) in [6.07, 6.45) is 1.01. The highest BCUT2D eigenvalue weighted by atomic mass is 32.0. The molecule has 0 fully saturated rings. The van der Waals surface area contributed by atoms with E-state index in [0.29, 0.717) is 11.6 Å². The number of aliphatic carboxylic acids is 1. The van der Waals surface area contributed by atoms with Gasteiger partial charge in [0.2, 0.25) is 5.95 Å². The molecule has 0 saturated carbocycles. The van der Waals surface area contributed by atoms with Crippen LogP contribution in [0.2, 0.25) is 0 Å². The SMILES string of the molecule is CC(C)[C@@H](C)C(=O)O.CC(C)[C@@H](C)C(=O)OCC(COPP)OCn1cnc2c(=O)[nH]c(NP)nc21. The first kappa shape index (κ1) is 32.3. The van der Waals surface area contributed by atoms with Crippen molar-refractivity contribution in [3.8, 4) is 0 Å². The summed E-state index contributed by atoms with van der Waals surface area (Å²) in [5.41, 5.74) is 0.241. The molecule has 0 saturated heterocycles. The molecule has 0 aliphatic heterocycles. The molecule has 2 aromatic heterocycles. The first-order valence-corrected chi connectivity index (χ1v) is 14.7. The summed E-state index contributed by atoms with van der Waals surface area (Å²) in [6.45, 7) is 11.7. The zero-order valence-electron chi connectivity index (χ0n) is 21.5. The van der Waals surface area contributed by atoms with Crippen molar-refractivity contribution in [3.05, 3.63) is 16.7 Å². The van der Waals surface area contributed by atoms with Gasteiger partial charge in [-0.3, -0.25) is 23.9 Å². The monoisotopic (exact) mass is 565 g/mol. The summed E-state index contributed by atoms with van der Waals surface area (Å²) in [6, 6.07) is 0. The summed E-state index contributed by atoms with van der Waals surface area (Å²) in [5, 5.41) is 11.1. The van der Waals surface area contributed by atoms with Crippen LogP contribution in [0.4, 0.5) is 5.95 Å². The lowest BCUT2D eigenvalue weighted by atomic mass is 9.99. The molecule has 2 rings (SSSR count). The number of carbonyl (C=O) groups excluding carboxylic acids is 1. The molecule has 36 heavy (non-hydrogen) atoms. The Morgan fingerprint density at radius 1 is 1.17 bits per heavy atom. The highest BCUT2D eigenvalue weighted by Gasteiger charge is 2.21. The average Bonchev–Trinajstić information content (AvgIpc) is 3.25. The van der Waals surface area contributed by atoms with E-state index >= 15 is 0 Å². The first-order valence-electron chi connectivity index (χ1n) is 11.4. The molecule has 15 heteroatoms. The van der Waals surface area contributed by atoms with Crippen molar-refractivity contribution in [2.45, 2.75) is 54.4 Å². The lowest BCUT2D eigenvalue weighted by molar-refractivity contribution is -0.155. The fourth-order valence-corrected chi connectivity index (χ4v) is 3.16. The van der Waals surface area contributed by atoms with E-state index in [9.17, 15) is 14.4 Å². The standard InChI is InChI=1S/C15H26N5O5P3.C6H12O2/c1-8(2)9(3)14(22)23-4-10(5-25-28-27)24-7-20-6-16-11-12(20)17-15(19-26)18-13(11)21;1-4(2)5(3)6(7)8/h6,8-10,28H,4-5,7,26-27H2,1-3H3,(H2,17,18,19,21);4-5H,1-3H3,(H,7,8)/t9-,10?;5-/m11/s1. The molecule has 0 aliphatic rings. The van der Waals surface area contributed by atoms with Gasteiger partial charge in [0.15, 0.2) is 11.2 Å². The van der Waals surface area contributed by atoms with Gasteiger partial charge in [0, 0.05) is 8.50 Å². The Morgan fingerprint density at radius 3 is 2.31 bits per heavy atom. The van der Waals surface area contributed by atoms with Gasteiger partial charge in [-0.05, 0) is 21.2 Å². The maximum Gasteiger partial charge on any atom is 0.309 e. The summed E-state index contributed by atoms with van der Waals surface area (Å²) in [4.78, 5) is 45.2. The van der Waals surface area contributed by atoms with Crippen molar-refractivity contribution in [2.75, 3.05) is 18.3 Å². The van der Waals surface area contributed by atoms with E-state index in [-0.39, 0.29) is 69.2 Å². The van der Waals surface area contributed by atoms with Crippen molar-refractivity contribution in [1.82, 2.24) is 19.5 Å². The van der Waals surface area contributed by atoms with Crippen LogP contribution in [-0.4, -0.2) is 55.9 Å². The number of hydrogen-bond donors (Lipinski definition) is 3. The van der Waals surface area contributed by atoms with Crippen LogP contribution in [0, 0.1) is 23.7 Å². The number of carboxylic acids is 1. The number of carbonyl (C=O) groups is 2. The van der Waals surface area contributed by atoms with Gasteiger partial charge in [-0.15, -0.1) is 0 Å².